The molecule has 0 saturated carbocycles. The van der Waals surface area contributed by atoms with Crippen LogP contribution in [0.1, 0.15) is 0 Å². The fraction of sp³-hybridized carbons (Fsp3) is 0. The smallest absolute Gasteiger partial charge is 0.135 e. The van der Waals surface area contributed by atoms with Gasteiger partial charge in [0.1, 0.15) is 11.2 Å². The zero-order valence-corrected chi connectivity index (χ0v) is 25.4. The summed E-state index contributed by atoms with van der Waals surface area (Å²) in [5.74, 6) is 0. The summed E-state index contributed by atoms with van der Waals surface area (Å²) in [6.07, 6.45) is 0. The molecule has 0 N–H and O–H groups in total. The average Bonchev–Trinajstić information content (AvgIpc) is 3.51. The minimum atomic E-state index is 0.894. The predicted octanol–water partition coefficient (Wildman–Crippen LogP) is 13.0. The van der Waals surface area contributed by atoms with Crippen molar-refractivity contribution in [1.29, 1.82) is 0 Å². The Hall–Kier alpha value is -6.12. The van der Waals surface area contributed by atoms with Gasteiger partial charge in [0.2, 0.25) is 0 Å². The van der Waals surface area contributed by atoms with E-state index in [1.54, 1.807) is 0 Å². The molecule has 0 fully saturated rings. The van der Waals surface area contributed by atoms with Gasteiger partial charge in [0.15, 0.2) is 0 Å². The van der Waals surface area contributed by atoms with Crippen molar-refractivity contribution in [2.75, 3.05) is 4.90 Å². The summed E-state index contributed by atoms with van der Waals surface area (Å²) in [6.45, 7) is 6.00. The molecule has 1 heterocycles. The molecule has 2 heteroatoms. The molecule has 0 amide bonds. The molecule has 0 aliphatic rings. The number of para-hydroxylation sites is 1. The number of furan rings is 1. The lowest BCUT2D eigenvalue weighted by atomic mass is 9.94. The molecule has 0 radical (unpaired) electrons. The van der Waals surface area contributed by atoms with Crippen molar-refractivity contribution < 1.29 is 4.42 Å². The van der Waals surface area contributed by atoms with Crippen LogP contribution in [0.3, 0.4) is 0 Å². The van der Waals surface area contributed by atoms with Crippen LogP contribution >= 0.6 is 0 Å². The molecule has 0 spiro atoms. The summed E-state index contributed by atoms with van der Waals surface area (Å²) in [7, 11) is 0. The number of anilines is 3. The zero-order chi connectivity index (χ0) is 31.0. The second-order valence-electron chi connectivity index (χ2n) is 11.3. The van der Waals surface area contributed by atoms with Gasteiger partial charge in [-0.25, -0.2) is 0 Å². The summed E-state index contributed by atoms with van der Waals surface area (Å²) in [5, 5.41) is 9.85. The summed E-state index contributed by atoms with van der Waals surface area (Å²) in [5.41, 5.74) is 7.50. The van der Waals surface area contributed by atoms with Crippen molar-refractivity contribution in [3.05, 3.63) is 177 Å². The van der Waals surface area contributed by atoms with E-state index in [1.807, 2.05) is 12.1 Å². The van der Waals surface area contributed by atoms with E-state index < -0.39 is 0 Å². The third kappa shape index (κ3) is 4.51. The van der Waals surface area contributed by atoms with Crippen molar-refractivity contribution in [2.45, 2.75) is 0 Å². The molecule has 0 saturated heterocycles. The van der Waals surface area contributed by atoms with Gasteiger partial charge in [-0.3, -0.25) is 0 Å². The van der Waals surface area contributed by atoms with Crippen LogP contribution in [0, 0.1) is 0 Å². The largest absolute Gasteiger partial charge is 0.456 e. The summed E-state index contributed by atoms with van der Waals surface area (Å²) >= 11 is 0. The van der Waals surface area contributed by atoms with Crippen LogP contribution in [-0.4, -0.2) is 0 Å². The number of hydrogen-bond donors (Lipinski definition) is 0. The van der Waals surface area contributed by atoms with Crippen LogP contribution in [-0.2, 0) is 0 Å². The van der Waals surface area contributed by atoms with Gasteiger partial charge in [-0.15, -0.1) is 13.2 Å². The standard InChI is InChI=1S/C42H27NO.C2H4/c1-2-10-28(11-3-1)29-18-20-30(21-19-29)43(32-23-25-42-40(27-32)38-16-8-9-17-41(38)44-42)31-22-24-37-35-14-5-4-12-33(35)34-13-6-7-15-36(34)39(37)26-31;1-2/h1-27H;1-2H2. The monoisotopic (exact) mass is 589 g/mol. The number of fused-ring (bicyclic) bond motifs is 9. The second-order valence-corrected chi connectivity index (χ2v) is 11.3. The van der Waals surface area contributed by atoms with Crippen molar-refractivity contribution in [2.24, 2.45) is 0 Å². The first-order valence-corrected chi connectivity index (χ1v) is 15.5. The maximum absolute atomic E-state index is 6.19. The molecule has 0 atom stereocenters. The lowest BCUT2D eigenvalue weighted by Gasteiger charge is -2.26. The maximum Gasteiger partial charge on any atom is 0.135 e. The average molecular weight is 590 g/mol. The Morgan fingerprint density at radius 1 is 0.326 bits per heavy atom. The van der Waals surface area contributed by atoms with E-state index in [1.165, 1.54) is 43.4 Å². The first-order chi connectivity index (χ1) is 22.8. The van der Waals surface area contributed by atoms with E-state index in [4.69, 9.17) is 4.42 Å². The third-order valence-electron chi connectivity index (χ3n) is 8.84. The Morgan fingerprint density at radius 2 is 0.761 bits per heavy atom. The third-order valence-corrected chi connectivity index (χ3v) is 8.84. The Kier molecular flexibility index (Phi) is 6.81. The molecule has 9 aromatic rings. The molecular formula is C44H31NO. The first-order valence-electron chi connectivity index (χ1n) is 15.5. The van der Waals surface area contributed by atoms with E-state index in [9.17, 15) is 0 Å². The zero-order valence-electron chi connectivity index (χ0n) is 25.4. The highest BCUT2D eigenvalue weighted by Crippen LogP contribution is 2.42. The van der Waals surface area contributed by atoms with Gasteiger partial charge in [-0.2, -0.15) is 0 Å². The van der Waals surface area contributed by atoms with E-state index in [-0.39, 0.29) is 0 Å². The minimum Gasteiger partial charge on any atom is -0.456 e. The molecule has 218 valence electrons. The van der Waals surface area contributed by atoms with Crippen molar-refractivity contribution in [3.8, 4) is 11.1 Å². The van der Waals surface area contributed by atoms with E-state index in [0.29, 0.717) is 0 Å². The van der Waals surface area contributed by atoms with Crippen LogP contribution in [0.2, 0.25) is 0 Å². The van der Waals surface area contributed by atoms with E-state index in [0.717, 1.165) is 39.0 Å². The van der Waals surface area contributed by atoms with Crippen molar-refractivity contribution >= 4 is 71.3 Å². The highest BCUT2D eigenvalue weighted by Gasteiger charge is 2.17. The molecule has 1 aromatic heterocycles. The summed E-state index contributed by atoms with van der Waals surface area (Å²) < 4.78 is 6.19. The number of hydrogen-bond acceptors (Lipinski definition) is 2. The Bertz CT molecular complexity index is 2470. The molecule has 8 aromatic carbocycles. The normalized spacial score (nSPS) is 11.2. The maximum atomic E-state index is 6.19. The Morgan fingerprint density at radius 3 is 1.41 bits per heavy atom. The van der Waals surface area contributed by atoms with Gasteiger partial charge >= 0.3 is 0 Å². The quantitative estimate of drug-likeness (QED) is 0.150. The minimum absolute atomic E-state index is 0.894. The molecule has 0 aliphatic heterocycles. The second kappa shape index (κ2) is 11.4. The van der Waals surface area contributed by atoms with Crippen molar-refractivity contribution in [3.63, 3.8) is 0 Å². The van der Waals surface area contributed by atoms with Gasteiger partial charge in [-0.05, 0) is 92.0 Å². The highest BCUT2D eigenvalue weighted by molar-refractivity contribution is 6.25. The van der Waals surface area contributed by atoms with Gasteiger partial charge in [0.25, 0.3) is 0 Å². The highest BCUT2D eigenvalue weighted by atomic mass is 16.3. The lowest BCUT2D eigenvalue weighted by molar-refractivity contribution is 0.669. The molecule has 2 nitrogen and oxygen atoms in total. The SMILES string of the molecule is C=C.c1ccc(-c2ccc(N(c3ccc4oc5ccccc5c4c3)c3ccc4c5ccccc5c5ccccc5c4c3)cc2)cc1. The van der Waals surface area contributed by atoms with Crippen LogP contribution in [0.15, 0.2) is 181 Å². The van der Waals surface area contributed by atoms with Gasteiger partial charge < -0.3 is 9.32 Å². The molecule has 9 rings (SSSR count). The molecule has 46 heavy (non-hydrogen) atoms. The lowest BCUT2D eigenvalue weighted by Crippen LogP contribution is -2.10. The summed E-state index contributed by atoms with van der Waals surface area (Å²) in [4.78, 5) is 2.36. The van der Waals surface area contributed by atoms with Crippen LogP contribution < -0.4 is 4.90 Å². The topological polar surface area (TPSA) is 16.4 Å². The van der Waals surface area contributed by atoms with Crippen LogP contribution in [0.25, 0.3) is 65.4 Å². The van der Waals surface area contributed by atoms with Crippen LogP contribution in [0.4, 0.5) is 17.1 Å². The van der Waals surface area contributed by atoms with Gasteiger partial charge in [0, 0.05) is 27.8 Å². The number of rotatable bonds is 4. The van der Waals surface area contributed by atoms with Gasteiger partial charge in [0.05, 0.1) is 0 Å². The first kappa shape index (κ1) is 27.4. The molecule has 0 unspecified atom stereocenters. The van der Waals surface area contributed by atoms with Gasteiger partial charge in [-0.1, -0.05) is 115 Å². The fourth-order valence-electron chi connectivity index (χ4n) is 6.77. The van der Waals surface area contributed by atoms with Crippen molar-refractivity contribution in [1.82, 2.24) is 0 Å². The Balaban J connectivity index is 0.00000153. The predicted molar refractivity (Wildman–Crippen MR) is 198 cm³/mol. The Labute approximate surface area is 268 Å². The van der Waals surface area contributed by atoms with Crippen LogP contribution in [0.5, 0.6) is 0 Å². The number of benzene rings is 8. The fourth-order valence-corrected chi connectivity index (χ4v) is 6.77. The van der Waals surface area contributed by atoms with E-state index in [2.05, 4.69) is 170 Å². The molecule has 0 bridgehead atoms. The van der Waals surface area contributed by atoms with E-state index >= 15 is 0 Å². The molecular weight excluding hydrogens is 558 g/mol. The number of nitrogens with zero attached hydrogens (tertiary/aromatic N) is 1. The summed E-state index contributed by atoms with van der Waals surface area (Å²) in [6, 6.07) is 58.6. The molecule has 0 aliphatic carbocycles.